The third-order valence-electron chi connectivity index (χ3n) is 4.08. The van der Waals surface area contributed by atoms with Gasteiger partial charge >= 0.3 is 0 Å². The molecule has 0 aliphatic rings. The van der Waals surface area contributed by atoms with Gasteiger partial charge in [-0.2, -0.15) is 8.42 Å². The van der Waals surface area contributed by atoms with Crippen molar-refractivity contribution in [3.8, 4) is 0 Å². The molecule has 0 aliphatic heterocycles. The third kappa shape index (κ3) is 8.39. The summed E-state index contributed by atoms with van der Waals surface area (Å²) < 4.78 is 29.1. The van der Waals surface area contributed by atoms with E-state index < -0.39 is 54.8 Å². The maximum absolute atomic E-state index is 12.1. The number of hydrogen-bond acceptors (Lipinski definition) is 8. The average Bonchev–Trinajstić information content (AvgIpc) is 2.63. The summed E-state index contributed by atoms with van der Waals surface area (Å²) in [7, 11) is -4.01. The van der Waals surface area contributed by atoms with Gasteiger partial charge in [0.1, 0.15) is 10.4 Å². The van der Waals surface area contributed by atoms with Crippen LogP contribution < -0.4 is 0 Å². The SMILES string of the molecule is CCCCCCS(=O)(=O)OCC(O)(CC(Cl)Cl)c1cc([N+](=O)[O-])cc([N+](=O)[O-])c1. The Morgan fingerprint density at radius 3 is 2.10 bits per heavy atom. The lowest BCUT2D eigenvalue weighted by molar-refractivity contribution is -0.394. The van der Waals surface area contributed by atoms with Crippen molar-refractivity contribution in [2.45, 2.75) is 49.5 Å². The molecule has 0 aromatic heterocycles. The second-order valence-electron chi connectivity index (χ2n) is 6.46. The zero-order valence-corrected chi connectivity index (χ0v) is 18.0. The minimum Gasteiger partial charge on any atom is -0.383 e. The summed E-state index contributed by atoms with van der Waals surface area (Å²) in [5, 5.41) is 33.1. The summed E-state index contributed by atoms with van der Waals surface area (Å²) in [5.41, 5.74) is -3.82. The monoisotopic (exact) mass is 472 g/mol. The normalized spacial score (nSPS) is 14.0. The fraction of sp³-hybridized carbons (Fsp3) is 0.625. The standard InChI is InChI=1S/C16H22Cl2N2O8S/c1-2-3-4-5-6-29(26,27)28-11-16(21,10-15(17)18)12-7-13(19(22)23)9-14(8-12)20(24)25/h7-9,15,21H,2-6,10-11H2,1H3. The Morgan fingerprint density at radius 1 is 1.10 bits per heavy atom. The number of halogens is 2. The Labute approximate surface area is 178 Å². The quantitative estimate of drug-likeness (QED) is 0.149. The van der Waals surface area contributed by atoms with E-state index >= 15 is 0 Å². The maximum atomic E-state index is 12.1. The van der Waals surface area contributed by atoms with E-state index in [1.165, 1.54) is 0 Å². The molecule has 1 N–H and O–H groups in total. The molecular weight excluding hydrogens is 451 g/mol. The molecule has 10 nitrogen and oxygen atoms in total. The van der Waals surface area contributed by atoms with Gasteiger partial charge in [-0.3, -0.25) is 24.4 Å². The summed E-state index contributed by atoms with van der Waals surface area (Å²) in [6, 6.07) is 2.49. The molecule has 164 valence electrons. The first-order valence-electron chi connectivity index (χ1n) is 8.72. The molecule has 1 aromatic carbocycles. The molecule has 0 aliphatic carbocycles. The molecule has 0 amide bonds. The number of nitro benzene ring substituents is 2. The predicted octanol–water partition coefficient (Wildman–Crippen LogP) is 3.81. The third-order valence-corrected chi connectivity index (χ3v) is 5.65. The molecule has 1 unspecified atom stereocenters. The Hall–Kier alpha value is -1.53. The van der Waals surface area contributed by atoms with Crippen molar-refractivity contribution in [1.82, 2.24) is 0 Å². The van der Waals surface area contributed by atoms with Gasteiger partial charge in [-0.25, -0.2) is 0 Å². The molecule has 0 fully saturated rings. The van der Waals surface area contributed by atoms with E-state index in [0.717, 1.165) is 25.0 Å². The number of hydrogen-bond donors (Lipinski definition) is 1. The van der Waals surface area contributed by atoms with Crippen molar-refractivity contribution in [2.24, 2.45) is 0 Å². The lowest BCUT2D eigenvalue weighted by Crippen LogP contribution is -2.35. The van der Waals surface area contributed by atoms with E-state index in [0.29, 0.717) is 18.9 Å². The first kappa shape index (κ1) is 25.5. The molecule has 0 bridgehead atoms. The number of benzene rings is 1. The Morgan fingerprint density at radius 2 is 1.66 bits per heavy atom. The van der Waals surface area contributed by atoms with Crippen LogP contribution in [0.2, 0.25) is 0 Å². The molecule has 0 radical (unpaired) electrons. The van der Waals surface area contributed by atoms with Crippen molar-refractivity contribution in [3.63, 3.8) is 0 Å². The van der Waals surface area contributed by atoms with Crippen LogP contribution in [-0.4, -0.2) is 40.6 Å². The molecule has 1 atom stereocenters. The molecule has 0 spiro atoms. The van der Waals surface area contributed by atoms with Crippen molar-refractivity contribution in [1.29, 1.82) is 0 Å². The van der Waals surface area contributed by atoms with E-state index in [2.05, 4.69) is 0 Å². The van der Waals surface area contributed by atoms with Gasteiger partial charge in [-0.1, -0.05) is 26.2 Å². The molecule has 0 heterocycles. The van der Waals surface area contributed by atoms with E-state index in [1.807, 2.05) is 6.92 Å². The minimum absolute atomic E-state index is 0.274. The zero-order valence-electron chi connectivity index (χ0n) is 15.6. The lowest BCUT2D eigenvalue weighted by Gasteiger charge is -2.28. The number of alkyl halides is 2. The van der Waals surface area contributed by atoms with E-state index in [-0.39, 0.29) is 11.3 Å². The topological polar surface area (TPSA) is 150 Å². The van der Waals surface area contributed by atoms with Crippen LogP contribution in [0.15, 0.2) is 18.2 Å². The Kier molecular flexibility index (Phi) is 9.69. The van der Waals surface area contributed by atoms with Crippen LogP contribution >= 0.6 is 23.2 Å². The van der Waals surface area contributed by atoms with Crippen molar-refractivity contribution < 1.29 is 27.6 Å². The molecule has 0 saturated heterocycles. The van der Waals surface area contributed by atoms with Gasteiger partial charge in [0.15, 0.2) is 0 Å². The van der Waals surface area contributed by atoms with Crippen molar-refractivity contribution in [2.75, 3.05) is 12.4 Å². The van der Waals surface area contributed by atoms with E-state index in [9.17, 15) is 33.8 Å². The zero-order chi connectivity index (χ0) is 22.2. The second kappa shape index (κ2) is 11.0. The fourth-order valence-electron chi connectivity index (χ4n) is 2.54. The highest BCUT2D eigenvalue weighted by atomic mass is 35.5. The molecule has 13 heteroatoms. The van der Waals surface area contributed by atoms with Gasteiger partial charge in [-0.15, -0.1) is 23.2 Å². The van der Waals surface area contributed by atoms with Crippen LogP contribution in [0, 0.1) is 20.2 Å². The number of non-ortho nitro benzene ring substituents is 2. The smallest absolute Gasteiger partial charge is 0.276 e. The lowest BCUT2D eigenvalue weighted by atomic mass is 9.91. The fourth-order valence-corrected chi connectivity index (χ4v) is 4.10. The predicted molar refractivity (Wildman–Crippen MR) is 108 cm³/mol. The highest BCUT2D eigenvalue weighted by Gasteiger charge is 2.36. The van der Waals surface area contributed by atoms with Gasteiger partial charge in [0.25, 0.3) is 21.5 Å². The van der Waals surface area contributed by atoms with Gasteiger partial charge in [0, 0.05) is 18.6 Å². The largest absolute Gasteiger partial charge is 0.383 e. The highest BCUT2D eigenvalue weighted by molar-refractivity contribution is 7.86. The molecule has 1 rings (SSSR count). The molecular formula is C16H22Cl2N2O8S. The molecule has 0 saturated carbocycles. The van der Waals surface area contributed by atoms with Crippen molar-refractivity contribution >= 4 is 44.7 Å². The van der Waals surface area contributed by atoms with Gasteiger partial charge < -0.3 is 5.11 Å². The maximum Gasteiger partial charge on any atom is 0.276 e. The highest BCUT2D eigenvalue weighted by Crippen LogP contribution is 2.35. The first-order chi connectivity index (χ1) is 13.4. The Balaban J connectivity index is 3.18. The van der Waals surface area contributed by atoms with Gasteiger partial charge in [-0.05, 0) is 12.0 Å². The minimum atomic E-state index is -4.01. The average molecular weight is 473 g/mol. The Bertz CT molecular complexity index is 802. The van der Waals surface area contributed by atoms with Gasteiger partial charge in [0.05, 0.1) is 28.3 Å². The summed E-state index contributed by atoms with van der Waals surface area (Å²) >= 11 is 11.4. The molecule has 29 heavy (non-hydrogen) atoms. The van der Waals surface area contributed by atoms with Crippen LogP contribution in [-0.2, 0) is 19.9 Å². The number of nitrogens with zero attached hydrogens (tertiary/aromatic N) is 2. The summed E-state index contributed by atoms with van der Waals surface area (Å²) in [6.45, 7) is 1.12. The summed E-state index contributed by atoms with van der Waals surface area (Å²) in [6.07, 6.45) is 2.35. The number of aliphatic hydroxyl groups is 1. The number of unbranched alkanes of at least 4 members (excludes halogenated alkanes) is 3. The van der Waals surface area contributed by atoms with E-state index in [1.54, 1.807) is 0 Å². The first-order valence-corrected chi connectivity index (χ1v) is 11.2. The number of nitro groups is 2. The number of rotatable bonds is 13. The molecule has 1 aromatic rings. The van der Waals surface area contributed by atoms with Crippen molar-refractivity contribution in [3.05, 3.63) is 44.0 Å². The van der Waals surface area contributed by atoms with E-state index in [4.69, 9.17) is 27.4 Å². The van der Waals surface area contributed by atoms with Crippen LogP contribution in [0.3, 0.4) is 0 Å². The summed E-state index contributed by atoms with van der Waals surface area (Å²) in [5.74, 6) is -0.274. The van der Waals surface area contributed by atoms with Gasteiger partial charge in [0.2, 0.25) is 0 Å². The van der Waals surface area contributed by atoms with Crippen LogP contribution in [0.25, 0.3) is 0 Å². The second-order valence-corrected chi connectivity index (χ2v) is 9.50. The summed E-state index contributed by atoms with van der Waals surface area (Å²) in [4.78, 5) is 19.2. The van der Waals surface area contributed by atoms with Crippen LogP contribution in [0.5, 0.6) is 0 Å². The van der Waals surface area contributed by atoms with Crippen LogP contribution in [0.4, 0.5) is 11.4 Å². The van der Waals surface area contributed by atoms with Crippen LogP contribution in [0.1, 0.15) is 44.6 Å².